The van der Waals surface area contributed by atoms with Crippen LogP contribution in [0.2, 0.25) is 0 Å². The zero-order valence-corrected chi connectivity index (χ0v) is 13.7. The average molecular weight is 337 g/mol. The van der Waals surface area contributed by atoms with Crippen LogP contribution < -0.4 is 5.56 Å². The van der Waals surface area contributed by atoms with E-state index >= 15 is 0 Å². The standard InChI is InChI=1S/C18H15N3O4/c1-10-11(2)15(22)20(18(25)14(10)19-3)8-9-21-16(23)12-6-4-5-7-13(12)17(21)24/h4-7,22H,8-9H2,1-2H3. The van der Waals surface area contributed by atoms with Crippen molar-refractivity contribution in [1.82, 2.24) is 9.47 Å². The molecule has 7 nitrogen and oxygen atoms in total. The Kier molecular flexibility index (Phi) is 3.89. The monoisotopic (exact) mass is 337 g/mol. The highest BCUT2D eigenvalue weighted by Crippen LogP contribution is 2.26. The molecule has 0 aliphatic carbocycles. The van der Waals surface area contributed by atoms with Crippen LogP contribution in [0.3, 0.4) is 0 Å². The van der Waals surface area contributed by atoms with Gasteiger partial charge in [-0.05, 0) is 31.5 Å². The summed E-state index contributed by atoms with van der Waals surface area (Å²) in [4.78, 5) is 41.4. The zero-order valence-electron chi connectivity index (χ0n) is 13.7. The number of amides is 2. The van der Waals surface area contributed by atoms with Gasteiger partial charge in [-0.1, -0.05) is 12.1 Å². The number of imide groups is 1. The molecule has 25 heavy (non-hydrogen) atoms. The molecule has 1 aliphatic rings. The molecule has 1 aromatic heterocycles. The van der Waals surface area contributed by atoms with Crippen LogP contribution in [-0.4, -0.2) is 32.9 Å². The summed E-state index contributed by atoms with van der Waals surface area (Å²) < 4.78 is 1.03. The number of aromatic hydroxyl groups is 1. The summed E-state index contributed by atoms with van der Waals surface area (Å²) in [6.45, 7) is 10.2. The molecule has 1 aliphatic heterocycles. The molecule has 0 atom stereocenters. The Morgan fingerprint density at radius 3 is 2.08 bits per heavy atom. The molecule has 2 heterocycles. The minimum atomic E-state index is -0.632. The first kappa shape index (κ1) is 16.5. The van der Waals surface area contributed by atoms with Crippen molar-refractivity contribution in [2.75, 3.05) is 6.54 Å². The molecule has 1 N–H and O–H groups in total. The van der Waals surface area contributed by atoms with Crippen molar-refractivity contribution < 1.29 is 14.7 Å². The quantitative estimate of drug-likeness (QED) is 0.686. The average Bonchev–Trinajstić information content (AvgIpc) is 2.85. The van der Waals surface area contributed by atoms with Crippen molar-refractivity contribution >= 4 is 17.5 Å². The lowest BCUT2D eigenvalue weighted by Crippen LogP contribution is -2.35. The first-order chi connectivity index (χ1) is 11.9. The Morgan fingerprint density at radius 2 is 1.56 bits per heavy atom. The molecule has 0 radical (unpaired) electrons. The maximum Gasteiger partial charge on any atom is 0.261 e. The molecular weight excluding hydrogens is 322 g/mol. The summed E-state index contributed by atoms with van der Waals surface area (Å²) in [5, 5.41) is 10.2. The van der Waals surface area contributed by atoms with Crippen LogP contribution in [-0.2, 0) is 6.54 Å². The summed E-state index contributed by atoms with van der Waals surface area (Å²) in [6.07, 6.45) is 0. The summed E-state index contributed by atoms with van der Waals surface area (Å²) in [5.74, 6) is -1.11. The van der Waals surface area contributed by atoms with Gasteiger partial charge < -0.3 is 5.11 Å². The first-order valence-corrected chi connectivity index (χ1v) is 7.64. The van der Waals surface area contributed by atoms with Gasteiger partial charge in [-0.2, -0.15) is 0 Å². The van der Waals surface area contributed by atoms with Crippen LogP contribution in [0.4, 0.5) is 5.69 Å². The van der Waals surface area contributed by atoms with Gasteiger partial charge in [-0.25, -0.2) is 4.85 Å². The predicted octanol–water partition coefficient (Wildman–Crippen LogP) is 2.02. The van der Waals surface area contributed by atoms with Crippen molar-refractivity contribution in [1.29, 1.82) is 0 Å². The molecule has 0 unspecified atom stereocenters. The second-order valence-corrected chi connectivity index (χ2v) is 5.80. The number of hydrogen-bond acceptors (Lipinski definition) is 4. The number of aromatic nitrogens is 1. The molecule has 2 amide bonds. The van der Waals surface area contributed by atoms with Gasteiger partial charge in [-0.3, -0.25) is 23.9 Å². The van der Waals surface area contributed by atoms with E-state index in [-0.39, 0.29) is 24.7 Å². The van der Waals surface area contributed by atoms with Crippen molar-refractivity contribution in [2.24, 2.45) is 0 Å². The Morgan fingerprint density at radius 1 is 1.00 bits per heavy atom. The van der Waals surface area contributed by atoms with Gasteiger partial charge in [-0.15, -0.1) is 0 Å². The van der Waals surface area contributed by atoms with Crippen LogP contribution in [0.1, 0.15) is 31.8 Å². The highest BCUT2D eigenvalue weighted by Gasteiger charge is 2.35. The highest BCUT2D eigenvalue weighted by atomic mass is 16.3. The Hall–Kier alpha value is -3.40. The van der Waals surface area contributed by atoms with Gasteiger partial charge in [0.15, 0.2) is 5.88 Å². The molecule has 0 saturated heterocycles. The van der Waals surface area contributed by atoms with Gasteiger partial charge in [0.05, 0.1) is 17.7 Å². The van der Waals surface area contributed by atoms with Gasteiger partial charge in [0, 0.05) is 18.7 Å². The molecule has 0 fully saturated rings. The van der Waals surface area contributed by atoms with Gasteiger partial charge in [0.2, 0.25) is 0 Å². The summed E-state index contributed by atoms with van der Waals surface area (Å²) in [7, 11) is 0. The Bertz CT molecular complexity index is 979. The van der Waals surface area contributed by atoms with E-state index in [0.717, 1.165) is 9.47 Å². The van der Waals surface area contributed by atoms with E-state index in [2.05, 4.69) is 4.85 Å². The SMILES string of the molecule is [C-]#[N+]c1c(C)c(C)c(O)n(CCN2C(=O)c3ccccc3C2=O)c1=O. The molecule has 126 valence electrons. The summed E-state index contributed by atoms with van der Waals surface area (Å²) >= 11 is 0. The van der Waals surface area contributed by atoms with Crippen LogP contribution in [0.25, 0.3) is 4.85 Å². The number of nitrogens with zero attached hydrogens (tertiary/aromatic N) is 3. The molecule has 2 aromatic rings. The van der Waals surface area contributed by atoms with Crippen molar-refractivity contribution in [3.63, 3.8) is 0 Å². The second-order valence-electron chi connectivity index (χ2n) is 5.80. The lowest BCUT2D eigenvalue weighted by Gasteiger charge is -2.18. The van der Waals surface area contributed by atoms with Crippen LogP contribution >= 0.6 is 0 Å². The van der Waals surface area contributed by atoms with Gasteiger partial charge in [0.1, 0.15) is 0 Å². The molecule has 3 rings (SSSR count). The van der Waals surface area contributed by atoms with Crippen molar-refractivity contribution in [3.8, 4) is 5.88 Å². The lowest BCUT2D eigenvalue weighted by molar-refractivity contribution is 0.0647. The minimum absolute atomic E-state index is 0.0697. The largest absolute Gasteiger partial charge is 0.494 e. The van der Waals surface area contributed by atoms with E-state index in [0.29, 0.717) is 22.3 Å². The molecule has 0 bridgehead atoms. The fourth-order valence-electron chi connectivity index (χ4n) is 2.91. The molecule has 0 spiro atoms. The second kappa shape index (κ2) is 5.91. The van der Waals surface area contributed by atoms with E-state index in [1.54, 1.807) is 38.1 Å². The third-order valence-corrected chi connectivity index (χ3v) is 4.49. The molecule has 0 saturated carbocycles. The van der Waals surface area contributed by atoms with E-state index in [9.17, 15) is 19.5 Å². The smallest absolute Gasteiger partial charge is 0.261 e. The first-order valence-electron chi connectivity index (χ1n) is 7.64. The zero-order chi connectivity index (χ0) is 18.3. The van der Waals surface area contributed by atoms with Gasteiger partial charge in [0.25, 0.3) is 23.1 Å². The minimum Gasteiger partial charge on any atom is -0.494 e. The highest BCUT2D eigenvalue weighted by molar-refractivity contribution is 6.21. The number of pyridine rings is 1. The maximum atomic E-state index is 12.4. The molecule has 1 aromatic carbocycles. The van der Waals surface area contributed by atoms with Gasteiger partial charge >= 0.3 is 0 Å². The number of rotatable bonds is 3. The fourth-order valence-corrected chi connectivity index (χ4v) is 2.91. The van der Waals surface area contributed by atoms with E-state index in [1.165, 1.54) is 0 Å². The van der Waals surface area contributed by atoms with Crippen LogP contribution in [0.5, 0.6) is 5.88 Å². The van der Waals surface area contributed by atoms with E-state index < -0.39 is 17.4 Å². The number of fused-ring (bicyclic) bond motifs is 1. The third kappa shape index (κ3) is 2.39. The number of carbonyl (C=O) groups excluding carboxylic acids is 2. The maximum absolute atomic E-state index is 12.4. The lowest BCUT2D eigenvalue weighted by atomic mass is 10.1. The van der Waals surface area contributed by atoms with Crippen LogP contribution in [0.15, 0.2) is 29.1 Å². The summed E-state index contributed by atoms with van der Waals surface area (Å²) in [6, 6.07) is 6.50. The summed E-state index contributed by atoms with van der Waals surface area (Å²) in [5.41, 5.74) is 0.796. The predicted molar refractivity (Wildman–Crippen MR) is 89.9 cm³/mol. The fraction of sp³-hybridized carbons (Fsp3) is 0.222. The van der Waals surface area contributed by atoms with Crippen molar-refractivity contribution in [2.45, 2.75) is 20.4 Å². The molecular formula is C18H15N3O4. The number of hydrogen-bond donors (Lipinski definition) is 1. The van der Waals surface area contributed by atoms with Crippen molar-refractivity contribution in [3.05, 3.63) is 68.3 Å². The molecule has 7 heteroatoms. The van der Waals surface area contributed by atoms with E-state index in [4.69, 9.17) is 6.57 Å². The Labute approximate surface area is 143 Å². The third-order valence-electron chi connectivity index (χ3n) is 4.49. The van der Waals surface area contributed by atoms with E-state index in [1.807, 2.05) is 0 Å². The topological polar surface area (TPSA) is 84.0 Å². The number of benzene rings is 1. The normalized spacial score (nSPS) is 13.1. The Balaban J connectivity index is 1.93. The number of carbonyl (C=O) groups is 2. The van der Waals surface area contributed by atoms with Crippen LogP contribution in [0, 0.1) is 20.4 Å².